The molecule has 1 rings (SSSR count). The van der Waals surface area contributed by atoms with Crippen LogP contribution >= 0.6 is 11.8 Å². The summed E-state index contributed by atoms with van der Waals surface area (Å²) in [6.07, 6.45) is 0.785. The predicted molar refractivity (Wildman–Crippen MR) is 64.4 cm³/mol. The number of hydrogen-bond acceptors (Lipinski definition) is 3. The molecule has 0 spiro atoms. The van der Waals surface area contributed by atoms with E-state index in [4.69, 9.17) is 0 Å². The minimum atomic E-state index is -0.644. The monoisotopic (exact) mass is 231 g/mol. The van der Waals surface area contributed by atoms with Crippen LogP contribution in [0.2, 0.25) is 0 Å². The van der Waals surface area contributed by atoms with Gasteiger partial charge in [-0.05, 0) is 24.6 Å². The van der Waals surface area contributed by atoms with E-state index in [1.807, 2.05) is 0 Å². The molecule has 0 bridgehead atoms. The normalized spacial score (nSPS) is 26.5. The highest BCUT2D eigenvalue weighted by molar-refractivity contribution is 7.99. The van der Waals surface area contributed by atoms with E-state index in [0.717, 1.165) is 31.0 Å². The molecule has 1 aliphatic rings. The Hall–Kier alpha value is -0.220. The average Bonchev–Trinajstić information content (AvgIpc) is 2.63. The Morgan fingerprint density at radius 2 is 2.27 bits per heavy atom. The summed E-state index contributed by atoms with van der Waals surface area (Å²) in [6.45, 7) is 8.03. The summed E-state index contributed by atoms with van der Waals surface area (Å²) in [6, 6.07) is 0. The molecule has 3 nitrogen and oxygen atoms in total. The van der Waals surface area contributed by atoms with Gasteiger partial charge in [0.15, 0.2) is 0 Å². The van der Waals surface area contributed by atoms with Crippen LogP contribution in [0.15, 0.2) is 0 Å². The highest BCUT2D eigenvalue weighted by atomic mass is 32.2. The Morgan fingerprint density at radius 3 is 2.60 bits per heavy atom. The number of hydrogen-bond donors (Lipinski definition) is 1. The fraction of sp³-hybridized carbons (Fsp3) is 0.909. The van der Waals surface area contributed by atoms with Crippen LogP contribution in [0.1, 0.15) is 27.2 Å². The van der Waals surface area contributed by atoms with Crippen LogP contribution in [0.3, 0.4) is 0 Å². The lowest BCUT2D eigenvalue weighted by atomic mass is 9.95. The molecule has 0 aromatic heterocycles. The van der Waals surface area contributed by atoms with Gasteiger partial charge in [-0.3, -0.25) is 9.69 Å². The zero-order chi connectivity index (χ0) is 11.5. The van der Waals surface area contributed by atoms with Gasteiger partial charge >= 0.3 is 5.97 Å². The molecule has 0 radical (unpaired) electrons. The van der Waals surface area contributed by atoms with E-state index < -0.39 is 11.5 Å². The number of carbonyl (C=O) groups is 1. The number of carboxylic acids is 1. The maximum Gasteiger partial charge on any atom is 0.325 e. The van der Waals surface area contributed by atoms with Crippen molar-refractivity contribution in [3.63, 3.8) is 0 Å². The second-order valence-corrected chi connectivity index (χ2v) is 5.68. The Labute approximate surface area is 96.2 Å². The summed E-state index contributed by atoms with van der Waals surface area (Å²) in [4.78, 5) is 13.6. The van der Waals surface area contributed by atoms with Gasteiger partial charge in [-0.2, -0.15) is 11.8 Å². The van der Waals surface area contributed by atoms with Crippen molar-refractivity contribution in [1.29, 1.82) is 0 Å². The quantitative estimate of drug-likeness (QED) is 0.785. The van der Waals surface area contributed by atoms with E-state index in [1.165, 1.54) is 0 Å². The van der Waals surface area contributed by atoms with Crippen LogP contribution in [-0.4, -0.2) is 46.1 Å². The fourth-order valence-corrected chi connectivity index (χ4v) is 3.57. The highest BCUT2D eigenvalue weighted by Gasteiger charge is 2.46. The largest absolute Gasteiger partial charge is 0.480 e. The van der Waals surface area contributed by atoms with Gasteiger partial charge in [-0.15, -0.1) is 0 Å². The van der Waals surface area contributed by atoms with Crippen LogP contribution in [-0.2, 0) is 4.79 Å². The minimum absolute atomic E-state index is 0.520. The van der Waals surface area contributed by atoms with Gasteiger partial charge in [0.1, 0.15) is 5.54 Å². The minimum Gasteiger partial charge on any atom is -0.480 e. The summed E-state index contributed by atoms with van der Waals surface area (Å²) in [5.74, 6) is 1.59. The topological polar surface area (TPSA) is 40.5 Å². The first kappa shape index (κ1) is 12.8. The van der Waals surface area contributed by atoms with Crippen molar-refractivity contribution in [2.75, 3.05) is 24.6 Å². The molecule has 15 heavy (non-hydrogen) atoms. The van der Waals surface area contributed by atoms with Gasteiger partial charge in [-0.25, -0.2) is 0 Å². The van der Waals surface area contributed by atoms with Gasteiger partial charge in [0.25, 0.3) is 0 Å². The molecule has 4 heteroatoms. The number of carboxylic acid groups (broad SMARTS) is 1. The van der Waals surface area contributed by atoms with Crippen molar-refractivity contribution in [3.8, 4) is 0 Å². The third-order valence-corrected chi connectivity index (χ3v) is 4.15. The van der Waals surface area contributed by atoms with E-state index in [-0.39, 0.29) is 0 Å². The second-order valence-electron chi connectivity index (χ2n) is 4.57. The van der Waals surface area contributed by atoms with E-state index in [2.05, 4.69) is 25.7 Å². The Kier molecular flexibility index (Phi) is 4.46. The van der Waals surface area contributed by atoms with Crippen LogP contribution in [0.25, 0.3) is 0 Å². The maximum absolute atomic E-state index is 11.5. The molecule has 1 atom stereocenters. The molecule has 88 valence electrons. The smallest absolute Gasteiger partial charge is 0.325 e. The molecule has 1 unspecified atom stereocenters. The average molecular weight is 231 g/mol. The number of thioether (sulfide) groups is 1. The standard InChI is InChI=1S/C11H21NO2S/c1-4-12(7-9(2)3)11(10(13)14)5-6-15-8-11/h9H,4-8H2,1-3H3,(H,13,14). The molecular weight excluding hydrogens is 210 g/mol. The van der Waals surface area contributed by atoms with Crippen LogP contribution in [0.4, 0.5) is 0 Å². The third kappa shape index (κ3) is 2.67. The number of nitrogens with zero attached hydrogens (tertiary/aromatic N) is 1. The van der Waals surface area contributed by atoms with E-state index in [0.29, 0.717) is 5.92 Å². The van der Waals surface area contributed by atoms with Crippen LogP contribution in [0.5, 0.6) is 0 Å². The van der Waals surface area contributed by atoms with Crippen LogP contribution in [0, 0.1) is 5.92 Å². The molecule has 1 heterocycles. The lowest BCUT2D eigenvalue weighted by Gasteiger charge is -2.37. The van der Waals surface area contributed by atoms with Gasteiger partial charge in [0.05, 0.1) is 0 Å². The Morgan fingerprint density at radius 1 is 1.60 bits per heavy atom. The van der Waals surface area contributed by atoms with Crippen molar-refractivity contribution >= 4 is 17.7 Å². The molecular formula is C11H21NO2S. The number of rotatable bonds is 5. The van der Waals surface area contributed by atoms with Gasteiger partial charge in [-0.1, -0.05) is 20.8 Å². The van der Waals surface area contributed by atoms with E-state index >= 15 is 0 Å². The Balaban J connectivity index is 2.81. The SMILES string of the molecule is CCN(CC(C)C)C1(C(=O)O)CCSC1. The van der Waals surface area contributed by atoms with Gasteiger partial charge in [0.2, 0.25) is 0 Å². The molecule has 1 saturated heterocycles. The molecule has 0 saturated carbocycles. The number of likely N-dealkylation sites (N-methyl/N-ethyl adjacent to an activating group) is 1. The van der Waals surface area contributed by atoms with Crippen molar-refractivity contribution < 1.29 is 9.90 Å². The Bertz CT molecular complexity index is 225. The lowest BCUT2D eigenvalue weighted by molar-refractivity contribution is -0.150. The molecule has 0 aromatic rings. The summed E-state index contributed by atoms with van der Waals surface area (Å²) in [5, 5.41) is 9.42. The first-order valence-corrected chi connectivity index (χ1v) is 6.74. The zero-order valence-corrected chi connectivity index (χ0v) is 10.6. The molecule has 0 aromatic carbocycles. The molecule has 1 fully saturated rings. The third-order valence-electron chi connectivity index (χ3n) is 2.97. The summed E-state index contributed by atoms with van der Waals surface area (Å²) < 4.78 is 0. The van der Waals surface area contributed by atoms with Gasteiger partial charge in [0, 0.05) is 12.3 Å². The first-order chi connectivity index (χ1) is 7.03. The molecule has 1 aliphatic heterocycles. The van der Waals surface area contributed by atoms with Gasteiger partial charge < -0.3 is 5.11 Å². The summed E-state index contributed by atoms with van der Waals surface area (Å²) >= 11 is 1.76. The summed E-state index contributed by atoms with van der Waals surface area (Å²) in [7, 11) is 0. The lowest BCUT2D eigenvalue weighted by Crippen LogP contribution is -2.56. The van der Waals surface area contributed by atoms with E-state index in [9.17, 15) is 9.90 Å². The van der Waals surface area contributed by atoms with Crippen molar-refractivity contribution in [1.82, 2.24) is 4.90 Å². The molecule has 0 aliphatic carbocycles. The second kappa shape index (κ2) is 5.21. The maximum atomic E-state index is 11.5. The molecule has 0 amide bonds. The van der Waals surface area contributed by atoms with Crippen molar-refractivity contribution in [3.05, 3.63) is 0 Å². The van der Waals surface area contributed by atoms with Crippen LogP contribution < -0.4 is 0 Å². The number of aliphatic carboxylic acids is 1. The fourth-order valence-electron chi connectivity index (χ4n) is 2.15. The van der Waals surface area contributed by atoms with E-state index in [1.54, 1.807) is 11.8 Å². The van der Waals surface area contributed by atoms with Crippen molar-refractivity contribution in [2.45, 2.75) is 32.7 Å². The zero-order valence-electron chi connectivity index (χ0n) is 9.82. The predicted octanol–water partition coefficient (Wildman–Crippen LogP) is 1.92. The first-order valence-electron chi connectivity index (χ1n) is 5.59. The van der Waals surface area contributed by atoms with Crippen molar-refractivity contribution in [2.24, 2.45) is 5.92 Å². The summed E-state index contributed by atoms with van der Waals surface area (Å²) in [5.41, 5.74) is -0.594. The highest BCUT2D eigenvalue weighted by Crippen LogP contribution is 2.34. The molecule has 1 N–H and O–H groups in total.